The molecule has 1 amide bonds. The molecule has 6 nitrogen and oxygen atoms in total. The van der Waals surface area contributed by atoms with Crippen molar-refractivity contribution in [2.24, 2.45) is 0 Å². The average molecular weight is 336 g/mol. The summed E-state index contributed by atoms with van der Waals surface area (Å²) in [5.41, 5.74) is 1.90. The maximum absolute atomic E-state index is 12.1. The Balaban J connectivity index is 1.46. The Morgan fingerprint density at radius 2 is 1.92 bits per heavy atom. The van der Waals surface area contributed by atoms with Crippen LogP contribution in [0.5, 0.6) is 5.75 Å². The number of hydrogen-bond donors (Lipinski definition) is 1. The van der Waals surface area contributed by atoms with Crippen molar-refractivity contribution in [1.82, 2.24) is 20.1 Å². The highest BCUT2D eigenvalue weighted by atomic mass is 16.5. The summed E-state index contributed by atoms with van der Waals surface area (Å²) in [4.78, 5) is 16.1. The number of hydrogen-bond acceptors (Lipinski definition) is 4. The van der Waals surface area contributed by atoms with Gasteiger partial charge in [0.05, 0.1) is 12.2 Å². The lowest BCUT2D eigenvalue weighted by molar-refractivity contribution is -0.127. The Morgan fingerprint density at radius 1 is 1.16 bits per heavy atom. The molecule has 1 N–H and O–H groups in total. The van der Waals surface area contributed by atoms with Crippen molar-refractivity contribution in [1.29, 1.82) is 0 Å². The van der Waals surface area contributed by atoms with Gasteiger partial charge in [-0.15, -0.1) is 0 Å². The molecule has 0 radical (unpaired) electrons. The minimum Gasteiger partial charge on any atom is -0.481 e. The first-order valence-electron chi connectivity index (χ1n) is 8.15. The zero-order valence-electron chi connectivity index (χ0n) is 14.0. The fraction of sp³-hybridized carbons (Fsp3) is 0.211. The third-order valence-corrected chi connectivity index (χ3v) is 3.68. The molecule has 0 fully saturated rings. The number of para-hydroxylation sites is 1. The molecule has 0 aliphatic heterocycles. The van der Waals surface area contributed by atoms with Gasteiger partial charge in [-0.25, -0.2) is 0 Å². The summed E-state index contributed by atoms with van der Waals surface area (Å²) in [6, 6.07) is 15.1. The molecule has 2 heterocycles. The molecule has 1 atom stereocenters. The van der Waals surface area contributed by atoms with Gasteiger partial charge in [0.2, 0.25) is 0 Å². The predicted molar refractivity (Wildman–Crippen MR) is 95.0 cm³/mol. The van der Waals surface area contributed by atoms with E-state index in [1.54, 1.807) is 24.0 Å². The first kappa shape index (κ1) is 16.7. The van der Waals surface area contributed by atoms with E-state index in [-0.39, 0.29) is 5.91 Å². The molecule has 0 aliphatic rings. The van der Waals surface area contributed by atoms with Crippen LogP contribution >= 0.6 is 0 Å². The minimum absolute atomic E-state index is 0.148. The SMILES string of the molecule is C[C@@H](Oc1ccccc1)C(=O)NCCn1ccc(-c2ccncc2)n1. The Kier molecular flexibility index (Phi) is 5.41. The Hall–Kier alpha value is -3.15. The summed E-state index contributed by atoms with van der Waals surface area (Å²) < 4.78 is 7.40. The summed E-state index contributed by atoms with van der Waals surface area (Å²) >= 11 is 0. The second-order valence-corrected chi connectivity index (χ2v) is 5.56. The molecule has 128 valence electrons. The van der Waals surface area contributed by atoms with Gasteiger partial charge in [0.25, 0.3) is 5.91 Å². The molecule has 25 heavy (non-hydrogen) atoms. The summed E-state index contributed by atoms with van der Waals surface area (Å²) in [6.45, 7) is 2.81. The summed E-state index contributed by atoms with van der Waals surface area (Å²) in [6.07, 6.45) is 4.82. The normalized spacial score (nSPS) is 11.7. The van der Waals surface area contributed by atoms with E-state index in [0.717, 1.165) is 11.3 Å². The zero-order chi connectivity index (χ0) is 17.5. The van der Waals surface area contributed by atoms with Gasteiger partial charge in [-0.2, -0.15) is 5.10 Å². The number of ether oxygens (including phenoxy) is 1. The van der Waals surface area contributed by atoms with E-state index in [9.17, 15) is 4.79 Å². The summed E-state index contributed by atoms with van der Waals surface area (Å²) in [5.74, 6) is 0.532. The van der Waals surface area contributed by atoms with E-state index >= 15 is 0 Å². The van der Waals surface area contributed by atoms with E-state index in [2.05, 4.69) is 15.4 Å². The van der Waals surface area contributed by atoms with E-state index in [4.69, 9.17) is 4.74 Å². The molecule has 2 aromatic heterocycles. The van der Waals surface area contributed by atoms with Gasteiger partial charge in [-0.05, 0) is 37.3 Å². The predicted octanol–water partition coefficient (Wildman–Crippen LogP) is 2.53. The largest absolute Gasteiger partial charge is 0.481 e. The number of pyridine rings is 1. The minimum atomic E-state index is -0.549. The van der Waals surface area contributed by atoms with Crippen LogP contribution < -0.4 is 10.1 Å². The molecule has 0 aliphatic carbocycles. The van der Waals surface area contributed by atoms with Crippen molar-refractivity contribution in [2.45, 2.75) is 19.6 Å². The Bertz CT molecular complexity index is 803. The summed E-state index contributed by atoms with van der Waals surface area (Å²) in [5, 5.41) is 7.36. The van der Waals surface area contributed by atoms with Gasteiger partial charge in [0.15, 0.2) is 6.10 Å². The first-order chi connectivity index (χ1) is 12.2. The van der Waals surface area contributed by atoms with Crippen LogP contribution in [-0.4, -0.2) is 33.3 Å². The van der Waals surface area contributed by atoms with E-state index in [0.29, 0.717) is 18.8 Å². The van der Waals surface area contributed by atoms with Gasteiger partial charge in [-0.3, -0.25) is 14.5 Å². The van der Waals surface area contributed by atoms with Gasteiger partial charge in [0, 0.05) is 30.7 Å². The van der Waals surface area contributed by atoms with Crippen molar-refractivity contribution in [3.63, 3.8) is 0 Å². The third kappa shape index (κ3) is 4.67. The summed E-state index contributed by atoms with van der Waals surface area (Å²) in [7, 11) is 0. The topological polar surface area (TPSA) is 69.0 Å². The number of amides is 1. The highest BCUT2D eigenvalue weighted by Crippen LogP contribution is 2.14. The number of rotatable bonds is 7. The van der Waals surface area contributed by atoms with E-state index in [1.807, 2.05) is 54.7 Å². The van der Waals surface area contributed by atoms with Gasteiger partial charge < -0.3 is 10.1 Å². The average Bonchev–Trinajstić information content (AvgIpc) is 3.12. The molecule has 3 aromatic rings. The molecule has 0 saturated heterocycles. The lowest BCUT2D eigenvalue weighted by Crippen LogP contribution is -2.37. The van der Waals surface area contributed by atoms with Crippen LogP contribution in [-0.2, 0) is 11.3 Å². The molecule has 3 rings (SSSR count). The second-order valence-electron chi connectivity index (χ2n) is 5.56. The quantitative estimate of drug-likeness (QED) is 0.720. The fourth-order valence-electron chi connectivity index (χ4n) is 2.36. The number of nitrogens with zero attached hydrogens (tertiary/aromatic N) is 3. The van der Waals surface area contributed by atoms with Gasteiger partial charge in [-0.1, -0.05) is 18.2 Å². The van der Waals surface area contributed by atoms with Crippen LogP contribution in [0.3, 0.4) is 0 Å². The van der Waals surface area contributed by atoms with Crippen molar-refractivity contribution >= 4 is 5.91 Å². The molecular formula is C19H20N4O2. The number of carbonyl (C=O) groups excluding carboxylic acids is 1. The Labute approximate surface area is 146 Å². The number of benzene rings is 1. The number of nitrogens with one attached hydrogen (secondary N) is 1. The Morgan fingerprint density at radius 3 is 2.68 bits per heavy atom. The van der Waals surface area contributed by atoms with Crippen LogP contribution in [0.2, 0.25) is 0 Å². The standard InChI is InChI=1S/C19H20N4O2/c1-15(25-17-5-3-2-4-6-17)19(24)21-12-14-23-13-9-18(22-23)16-7-10-20-11-8-16/h2-11,13,15H,12,14H2,1H3,(H,21,24)/t15-/m1/s1. The molecule has 6 heteroatoms. The van der Waals surface area contributed by atoms with E-state index < -0.39 is 6.10 Å². The van der Waals surface area contributed by atoms with Crippen LogP contribution in [0.25, 0.3) is 11.3 Å². The molecule has 1 aromatic carbocycles. The van der Waals surface area contributed by atoms with Crippen LogP contribution in [0, 0.1) is 0 Å². The van der Waals surface area contributed by atoms with E-state index in [1.165, 1.54) is 0 Å². The number of carbonyl (C=O) groups is 1. The molecule has 0 saturated carbocycles. The number of aromatic nitrogens is 3. The van der Waals surface area contributed by atoms with Crippen LogP contribution in [0.15, 0.2) is 67.1 Å². The fourth-order valence-corrected chi connectivity index (χ4v) is 2.36. The van der Waals surface area contributed by atoms with Gasteiger partial charge >= 0.3 is 0 Å². The van der Waals surface area contributed by atoms with Gasteiger partial charge in [0.1, 0.15) is 5.75 Å². The van der Waals surface area contributed by atoms with Crippen molar-refractivity contribution in [3.05, 3.63) is 67.1 Å². The molecule has 0 spiro atoms. The lowest BCUT2D eigenvalue weighted by Gasteiger charge is -2.14. The lowest BCUT2D eigenvalue weighted by atomic mass is 10.2. The van der Waals surface area contributed by atoms with Crippen LogP contribution in [0.1, 0.15) is 6.92 Å². The highest BCUT2D eigenvalue weighted by molar-refractivity contribution is 5.80. The van der Waals surface area contributed by atoms with Crippen molar-refractivity contribution < 1.29 is 9.53 Å². The monoisotopic (exact) mass is 336 g/mol. The van der Waals surface area contributed by atoms with Crippen molar-refractivity contribution in [3.8, 4) is 17.0 Å². The maximum atomic E-state index is 12.1. The third-order valence-electron chi connectivity index (χ3n) is 3.68. The smallest absolute Gasteiger partial charge is 0.260 e. The highest BCUT2D eigenvalue weighted by Gasteiger charge is 2.13. The molecular weight excluding hydrogens is 316 g/mol. The molecule has 0 bridgehead atoms. The maximum Gasteiger partial charge on any atom is 0.260 e. The second kappa shape index (κ2) is 8.10. The van der Waals surface area contributed by atoms with Crippen LogP contribution in [0.4, 0.5) is 0 Å². The first-order valence-corrected chi connectivity index (χ1v) is 8.15. The van der Waals surface area contributed by atoms with Crippen molar-refractivity contribution in [2.75, 3.05) is 6.54 Å². The molecule has 0 unspecified atom stereocenters. The zero-order valence-corrected chi connectivity index (χ0v) is 14.0.